The van der Waals surface area contributed by atoms with E-state index in [4.69, 9.17) is 4.74 Å². The van der Waals surface area contributed by atoms with E-state index in [1.165, 1.54) is 6.42 Å². The molecule has 5 heteroatoms. The molecule has 1 heterocycles. The molecule has 1 aliphatic carbocycles. The van der Waals surface area contributed by atoms with Gasteiger partial charge in [-0.1, -0.05) is 12.1 Å². The maximum absolute atomic E-state index is 12.6. The summed E-state index contributed by atoms with van der Waals surface area (Å²) in [5.74, 6) is 0.695. The van der Waals surface area contributed by atoms with Crippen LogP contribution in [0.5, 0.6) is 5.75 Å². The molecule has 1 aromatic rings. The number of hydrogen-bond acceptors (Lipinski definition) is 3. The van der Waals surface area contributed by atoms with Crippen molar-refractivity contribution >= 4 is 11.7 Å². The Morgan fingerprint density at radius 2 is 2.19 bits per heavy atom. The van der Waals surface area contributed by atoms with Gasteiger partial charge in [0.25, 0.3) is 0 Å². The first-order valence-corrected chi connectivity index (χ1v) is 7.72. The van der Waals surface area contributed by atoms with Gasteiger partial charge in [-0.05, 0) is 44.4 Å². The van der Waals surface area contributed by atoms with Gasteiger partial charge in [-0.2, -0.15) is 0 Å². The van der Waals surface area contributed by atoms with Crippen LogP contribution in [-0.4, -0.2) is 43.2 Å². The first kappa shape index (κ1) is 14.2. The van der Waals surface area contributed by atoms with E-state index in [2.05, 4.69) is 10.6 Å². The fraction of sp³-hybridized carbons (Fsp3) is 0.562. The van der Waals surface area contributed by atoms with Gasteiger partial charge in [0.05, 0.1) is 12.8 Å². The summed E-state index contributed by atoms with van der Waals surface area (Å²) in [6.45, 7) is 1.86. The van der Waals surface area contributed by atoms with Crippen LogP contribution in [0.2, 0.25) is 0 Å². The highest BCUT2D eigenvalue weighted by Crippen LogP contribution is 2.30. The van der Waals surface area contributed by atoms with Crippen molar-refractivity contribution < 1.29 is 9.53 Å². The monoisotopic (exact) mass is 289 g/mol. The van der Waals surface area contributed by atoms with Crippen LogP contribution in [0.25, 0.3) is 0 Å². The van der Waals surface area contributed by atoms with Crippen molar-refractivity contribution in [3.63, 3.8) is 0 Å². The Hall–Kier alpha value is -1.75. The third kappa shape index (κ3) is 3.47. The largest absolute Gasteiger partial charge is 0.495 e. The summed E-state index contributed by atoms with van der Waals surface area (Å²) in [5.41, 5.74) is 0.732. The van der Waals surface area contributed by atoms with Crippen molar-refractivity contribution in [3.8, 4) is 5.75 Å². The minimum atomic E-state index is -0.0179. The van der Waals surface area contributed by atoms with E-state index < -0.39 is 0 Å². The lowest BCUT2D eigenvalue weighted by molar-refractivity contribution is 0.203. The Morgan fingerprint density at radius 3 is 2.86 bits per heavy atom. The van der Waals surface area contributed by atoms with E-state index in [1.54, 1.807) is 7.11 Å². The Labute approximate surface area is 125 Å². The lowest BCUT2D eigenvalue weighted by atomic mass is 10.2. The van der Waals surface area contributed by atoms with E-state index in [0.717, 1.165) is 38.0 Å². The zero-order chi connectivity index (χ0) is 14.7. The number of rotatable bonds is 5. The number of anilines is 1. The molecule has 1 saturated heterocycles. The Morgan fingerprint density at radius 1 is 1.38 bits per heavy atom. The van der Waals surface area contributed by atoms with Crippen LogP contribution in [-0.2, 0) is 0 Å². The van der Waals surface area contributed by atoms with Crippen LogP contribution in [0, 0.1) is 0 Å². The summed E-state index contributed by atoms with van der Waals surface area (Å²) in [4.78, 5) is 14.6. The molecule has 3 rings (SSSR count). The smallest absolute Gasteiger partial charge is 0.322 e. The summed E-state index contributed by atoms with van der Waals surface area (Å²) in [5, 5.41) is 6.46. The van der Waals surface area contributed by atoms with E-state index in [9.17, 15) is 4.79 Å². The minimum absolute atomic E-state index is 0.0179. The van der Waals surface area contributed by atoms with Crippen molar-refractivity contribution in [1.82, 2.24) is 10.2 Å². The second-order valence-electron chi connectivity index (χ2n) is 5.81. The summed E-state index contributed by atoms with van der Waals surface area (Å²) < 4.78 is 5.29. The zero-order valence-corrected chi connectivity index (χ0v) is 12.5. The molecular weight excluding hydrogens is 266 g/mol. The molecule has 1 unspecified atom stereocenters. The maximum Gasteiger partial charge on any atom is 0.322 e. The van der Waals surface area contributed by atoms with Gasteiger partial charge in [-0.15, -0.1) is 0 Å². The topological polar surface area (TPSA) is 53.6 Å². The predicted octanol–water partition coefficient (Wildman–Crippen LogP) is 2.44. The molecule has 0 radical (unpaired) electrons. The molecule has 0 bridgehead atoms. The molecule has 0 aromatic heterocycles. The Kier molecular flexibility index (Phi) is 4.29. The molecule has 1 atom stereocenters. The standard InChI is InChI=1S/C16H23N3O2/c1-21-15-7-3-2-6-14(15)18-16(20)19(13-8-9-13)11-12-5-4-10-17-12/h2-3,6-7,12-13,17H,4-5,8-11H2,1H3,(H,18,20). The third-order valence-corrected chi connectivity index (χ3v) is 4.18. The van der Waals surface area contributed by atoms with Gasteiger partial charge in [-0.3, -0.25) is 0 Å². The van der Waals surface area contributed by atoms with E-state index in [1.807, 2.05) is 29.2 Å². The van der Waals surface area contributed by atoms with Gasteiger partial charge in [0.1, 0.15) is 5.75 Å². The van der Waals surface area contributed by atoms with Crippen LogP contribution >= 0.6 is 0 Å². The highest BCUT2D eigenvalue weighted by atomic mass is 16.5. The quantitative estimate of drug-likeness (QED) is 0.875. The van der Waals surface area contributed by atoms with Crippen molar-refractivity contribution in [3.05, 3.63) is 24.3 Å². The Bertz CT molecular complexity index is 496. The highest BCUT2D eigenvalue weighted by molar-refractivity contribution is 5.91. The van der Waals surface area contributed by atoms with Gasteiger partial charge in [0.15, 0.2) is 0 Å². The number of methoxy groups -OCH3 is 1. The second kappa shape index (κ2) is 6.35. The van der Waals surface area contributed by atoms with E-state index >= 15 is 0 Å². The minimum Gasteiger partial charge on any atom is -0.495 e. The summed E-state index contributed by atoms with van der Waals surface area (Å²) in [6, 6.07) is 8.35. The molecule has 5 nitrogen and oxygen atoms in total. The molecule has 114 valence electrons. The molecule has 0 spiro atoms. The zero-order valence-electron chi connectivity index (χ0n) is 12.5. The average Bonchev–Trinajstić information content (AvgIpc) is 3.21. The molecule has 2 fully saturated rings. The predicted molar refractivity (Wildman–Crippen MR) is 82.8 cm³/mol. The molecule has 2 amide bonds. The number of carbonyl (C=O) groups is 1. The lowest BCUT2D eigenvalue weighted by Crippen LogP contribution is -2.44. The van der Waals surface area contributed by atoms with Gasteiger partial charge in [0, 0.05) is 18.6 Å². The number of nitrogens with zero attached hydrogens (tertiary/aromatic N) is 1. The second-order valence-corrected chi connectivity index (χ2v) is 5.81. The Balaban J connectivity index is 1.66. The molecule has 2 aliphatic rings. The number of para-hydroxylation sites is 2. The van der Waals surface area contributed by atoms with Crippen LogP contribution in [0.4, 0.5) is 10.5 Å². The van der Waals surface area contributed by atoms with Gasteiger partial charge in [0.2, 0.25) is 0 Å². The van der Waals surface area contributed by atoms with E-state index in [0.29, 0.717) is 17.8 Å². The number of nitrogens with one attached hydrogen (secondary N) is 2. The van der Waals surface area contributed by atoms with Gasteiger partial charge in [-0.25, -0.2) is 4.79 Å². The average molecular weight is 289 g/mol. The molecule has 2 N–H and O–H groups in total. The highest BCUT2D eigenvalue weighted by Gasteiger charge is 2.34. The number of amides is 2. The number of urea groups is 1. The first-order chi connectivity index (χ1) is 10.3. The maximum atomic E-state index is 12.6. The van der Waals surface area contributed by atoms with Crippen LogP contribution in [0.3, 0.4) is 0 Å². The lowest BCUT2D eigenvalue weighted by Gasteiger charge is -2.26. The molecule has 1 aliphatic heterocycles. The fourth-order valence-corrected chi connectivity index (χ4v) is 2.87. The first-order valence-electron chi connectivity index (χ1n) is 7.72. The number of benzene rings is 1. The van der Waals surface area contributed by atoms with E-state index in [-0.39, 0.29) is 6.03 Å². The van der Waals surface area contributed by atoms with Crippen molar-refractivity contribution in [2.75, 3.05) is 25.5 Å². The normalized spacial score (nSPS) is 21.1. The summed E-state index contributed by atoms with van der Waals surface area (Å²) in [7, 11) is 1.62. The van der Waals surface area contributed by atoms with Gasteiger partial charge < -0.3 is 20.3 Å². The molecule has 1 aromatic carbocycles. The van der Waals surface area contributed by atoms with Crippen molar-refractivity contribution in [2.24, 2.45) is 0 Å². The molecular formula is C16H23N3O2. The summed E-state index contributed by atoms with van der Waals surface area (Å²) >= 11 is 0. The SMILES string of the molecule is COc1ccccc1NC(=O)N(CC1CCCN1)C1CC1. The van der Waals surface area contributed by atoms with Crippen molar-refractivity contribution in [2.45, 2.75) is 37.8 Å². The summed E-state index contributed by atoms with van der Waals surface area (Å²) in [6.07, 6.45) is 4.60. The number of ether oxygens (including phenoxy) is 1. The molecule has 1 saturated carbocycles. The third-order valence-electron chi connectivity index (χ3n) is 4.18. The van der Waals surface area contributed by atoms with Gasteiger partial charge >= 0.3 is 6.03 Å². The number of hydrogen-bond donors (Lipinski definition) is 2. The van der Waals surface area contributed by atoms with Crippen molar-refractivity contribution in [1.29, 1.82) is 0 Å². The van der Waals surface area contributed by atoms with Crippen LogP contribution in [0.15, 0.2) is 24.3 Å². The molecule has 21 heavy (non-hydrogen) atoms. The van der Waals surface area contributed by atoms with Crippen LogP contribution in [0.1, 0.15) is 25.7 Å². The van der Waals surface area contributed by atoms with Crippen LogP contribution < -0.4 is 15.4 Å². The number of carbonyl (C=O) groups excluding carboxylic acids is 1. The fourth-order valence-electron chi connectivity index (χ4n) is 2.87.